The second-order valence-corrected chi connectivity index (χ2v) is 10.4. The lowest BCUT2D eigenvalue weighted by molar-refractivity contribution is -0.134. The molecule has 1 N–H and O–H groups in total. The maximum Gasteiger partial charge on any atom is 0.328 e. The van der Waals surface area contributed by atoms with Gasteiger partial charge >= 0.3 is 5.97 Å². The second-order valence-electron chi connectivity index (χ2n) is 0.886. The molecule has 0 aliphatic carbocycles. The Morgan fingerprint density at radius 3 is 1.20 bits per heavy atom. The van der Waals surface area contributed by atoms with Crippen LogP contribution in [0.2, 0.25) is 0 Å². The third kappa shape index (κ3) is 22.5. The summed E-state index contributed by atoms with van der Waals surface area (Å²) < 4.78 is -0.336. The van der Waals surface area contributed by atoms with E-state index in [-0.39, 0.29) is 2.65 Å². The molecule has 0 aliphatic heterocycles. The molecule has 0 heterocycles. The summed E-state index contributed by atoms with van der Waals surface area (Å²) >= 11 is 14.8. The Balaban J connectivity index is 0. The largest absolute Gasteiger partial charge is 0.480 e. The van der Waals surface area contributed by atoms with E-state index in [2.05, 4.69) is 79.6 Å². The summed E-state index contributed by atoms with van der Waals surface area (Å²) in [5, 5.41) is 7.90. The molecule has 0 aromatic heterocycles. The van der Waals surface area contributed by atoms with Crippen LogP contribution in [0.15, 0.2) is 0 Å². The van der Waals surface area contributed by atoms with E-state index in [1.54, 1.807) is 0 Å². The Labute approximate surface area is 101 Å². The summed E-state index contributed by atoms with van der Waals surface area (Å²) in [7, 11) is 0. The standard InChI is InChI=1S/C2H2Br2O2.CHBr3/c3-1(4)2(5)6;2-1(3)4/h1H,(H,5,6);1H. The zero-order chi connectivity index (χ0) is 8.73. The summed E-state index contributed by atoms with van der Waals surface area (Å²) in [5.74, 6) is -0.907. The van der Waals surface area contributed by atoms with Crippen LogP contribution in [0.5, 0.6) is 0 Å². The average molecular weight is 471 g/mol. The molecule has 0 fully saturated rings. The molecule has 0 atom stereocenters. The fourth-order valence-corrected chi connectivity index (χ4v) is 0. The van der Waals surface area contributed by atoms with Crippen LogP contribution in [0, 0.1) is 0 Å². The highest BCUT2D eigenvalue weighted by molar-refractivity contribution is 9.38. The number of halogens is 5. The molecule has 2 nitrogen and oxygen atoms in total. The highest BCUT2D eigenvalue weighted by Gasteiger charge is 2.04. The van der Waals surface area contributed by atoms with Gasteiger partial charge in [-0.15, -0.1) is 0 Å². The van der Waals surface area contributed by atoms with Crippen LogP contribution in [-0.4, -0.2) is 17.5 Å². The normalized spacial score (nSPS) is 9.10. The first-order valence-electron chi connectivity index (χ1n) is 1.81. The number of carboxylic acid groups (broad SMARTS) is 1. The van der Waals surface area contributed by atoms with Crippen molar-refractivity contribution in [3.05, 3.63) is 0 Å². The number of carboxylic acids is 1. The first kappa shape index (κ1) is 14.4. The van der Waals surface area contributed by atoms with E-state index in [1.807, 2.05) is 0 Å². The van der Waals surface area contributed by atoms with Crippen LogP contribution in [0.1, 0.15) is 0 Å². The summed E-state index contributed by atoms with van der Waals surface area (Å²) in [5.41, 5.74) is 0. The minimum absolute atomic E-state index is 0.271. The molecule has 0 rings (SSSR count). The van der Waals surface area contributed by atoms with Gasteiger partial charge in [0.05, 0.1) is 0 Å². The molecule has 7 heteroatoms. The molecule has 0 aliphatic rings. The zero-order valence-corrected chi connectivity index (χ0v) is 12.3. The van der Waals surface area contributed by atoms with Crippen molar-refractivity contribution in [3.8, 4) is 0 Å². The Morgan fingerprint density at radius 2 is 1.20 bits per heavy atom. The van der Waals surface area contributed by atoms with Gasteiger partial charge in [0.15, 0.2) is 3.74 Å². The Kier molecular flexibility index (Phi) is 12.9. The predicted octanol–water partition coefficient (Wildman–Crippen LogP) is 3.64. The summed E-state index contributed by atoms with van der Waals surface area (Å²) in [4.78, 5) is 9.61. The lowest BCUT2D eigenvalue weighted by Crippen LogP contribution is -2.02. The van der Waals surface area contributed by atoms with Crippen molar-refractivity contribution in [2.75, 3.05) is 0 Å². The second kappa shape index (κ2) is 8.96. The lowest BCUT2D eigenvalue weighted by atomic mass is 10.8. The van der Waals surface area contributed by atoms with Crippen molar-refractivity contribution in [2.24, 2.45) is 0 Å². The van der Waals surface area contributed by atoms with Gasteiger partial charge in [0.2, 0.25) is 0 Å². The smallest absolute Gasteiger partial charge is 0.328 e. The quantitative estimate of drug-likeness (QED) is 0.595. The van der Waals surface area contributed by atoms with Gasteiger partial charge in [0, 0.05) is 0 Å². The number of hydrogen-bond acceptors (Lipinski definition) is 1. The van der Waals surface area contributed by atoms with Crippen molar-refractivity contribution in [2.45, 2.75) is 6.38 Å². The van der Waals surface area contributed by atoms with Crippen LogP contribution < -0.4 is 0 Å². The van der Waals surface area contributed by atoms with Crippen molar-refractivity contribution >= 4 is 85.6 Å². The van der Waals surface area contributed by atoms with Crippen LogP contribution >= 0.6 is 79.6 Å². The Morgan fingerprint density at radius 1 is 1.10 bits per heavy atom. The minimum atomic E-state index is -0.907. The predicted molar refractivity (Wildman–Crippen MR) is 59.8 cm³/mol. The highest BCUT2D eigenvalue weighted by atomic mass is 80.0. The van der Waals surface area contributed by atoms with Crippen LogP contribution in [0.4, 0.5) is 0 Å². The van der Waals surface area contributed by atoms with Gasteiger partial charge in [-0.05, 0) is 0 Å². The fraction of sp³-hybridized carbons (Fsp3) is 0.667. The number of hydrogen-bond donors (Lipinski definition) is 1. The third-order valence-corrected chi connectivity index (χ3v) is 0.970. The van der Waals surface area contributed by atoms with Crippen molar-refractivity contribution in [1.29, 1.82) is 0 Å². The maximum atomic E-state index is 9.61. The van der Waals surface area contributed by atoms with Gasteiger partial charge in [0.1, 0.15) is 2.65 Å². The van der Waals surface area contributed by atoms with Gasteiger partial charge < -0.3 is 5.11 Å². The third-order valence-electron chi connectivity index (χ3n) is 0.187. The van der Waals surface area contributed by atoms with E-state index < -0.39 is 9.71 Å². The number of carbonyl (C=O) groups is 1. The van der Waals surface area contributed by atoms with Gasteiger partial charge in [0.25, 0.3) is 0 Å². The van der Waals surface area contributed by atoms with Crippen molar-refractivity contribution in [3.63, 3.8) is 0 Å². The average Bonchev–Trinajstić information content (AvgIpc) is 1.63. The van der Waals surface area contributed by atoms with Gasteiger partial charge in [-0.3, -0.25) is 4.79 Å². The molecule has 0 aromatic rings. The lowest BCUT2D eigenvalue weighted by Gasteiger charge is -1.84. The molecule has 0 unspecified atom stereocenters. The zero-order valence-electron chi connectivity index (χ0n) is 4.40. The number of rotatable bonds is 1. The van der Waals surface area contributed by atoms with E-state index in [1.165, 1.54) is 0 Å². The van der Waals surface area contributed by atoms with Crippen molar-refractivity contribution < 1.29 is 9.90 Å². The topological polar surface area (TPSA) is 37.3 Å². The van der Waals surface area contributed by atoms with E-state index >= 15 is 0 Å². The highest BCUT2D eigenvalue weighted by Crippen LogP contribution is 2.13. The van der Waals surface area contributed by atoms with Gasteiger partial charge in [-0.2, -0.15) is 0 Å². The maximum absolute atomic E-state index is 9.61. The monoisotopic (exact) mass is 466 g/mol. The van der Waals surface area contributed by atoms with Crippen LogP contribution in [0.25, 0.3) is 0 Å². The summed E-state index contributed by atoms with van der Waals surface area (Å²) in [6.45, 7) is 0. The molecule has 62 valence electrons. The molecular formula is C3H3Br5O2. The summed E-state index contributed by atoms with van der Waals surface area (Å²) in [6.07, 6.45) is 0. The minimum Gasteiger partial charge on any atom is -0.480 e. The van der Waals surface area contributed by atoms with E-state index in [4.69, 9.17) is 5.11 Å². The molecular weight excluding hydrogens is 468 g/mol. The van der Waals surface area contributed by atoms with Gasteiger partial charge in [-0.25, -0.2) is 0 Å². The number of aliphatic carboxylic acids is 1. The Hall–Kier alpha value is 1.87. The molecule has 10 heavy (non-hydrogen) atoms. The molecule has 0 saturated carbocycles. The van der Waals surface area contributed by atoms with Crippen LogP contribution in [0.3, 0.4) is 0 Å². The number of alkyl halides is 5. The first-order chi connectivity index (χ1) is 4.37. The molecule has 0 saturated heterocycles. The molecule has 0 amide bonds. The van der Waals surface area contributed by atoms with E-state index in [0.717, 1.165) is 0 Å². The molecule has 0 aromatic carbocycles. The fourth-order valence-electron chi connectivity index (χ4n) is 0. The van der Waals surface area contributed by atoms with Gasteiger partial charge in [-0.1, -0.05) is 79.6 Å². The van der Waals surface area contributed by atoms with E-state index in [9.17, 15) is 4.79 Å². The first-order valence-corrected chi connectivity index (χ1v) is 6.39. The van der Waals surface area contributed by atoms with E-state index in [0.29, 0.717) is 0 Å². The van der Waals surface area contributed by atoms with Crippen LogP contribution in [-0.2, 0) is 4.79 Å². The SMILES string of the molecule is BrC(Br)Br.O=C(O)C(Br)Br. The van der Waals surface area contributed by atoms with Crippen molar-refractivity contribution in [1.82, 2.24) is 0 Å². The summed E-state index contributed by atoms with van der Waals surface area (Å²) in [6, 6.07) is 0. The molecule has 0 bridgehead atoms. The molecule has 0 radical (unpaired) electrons. The Bertz CT molecular complexity index is 90.1. The molecule has 0 spiro atoms.